The van der Waals surface area contributed by atoms with Crippen LogP contribution in [0.4, 0.5) is 0 Å². The third-order valence-electron chi connectivity index (χ3n) is 5.05. The van der Waals surface area contributed by atoms with Crippen molar-refractivity contribution >= 4 is 0 Å². The largest absolute Gasteiger partial charge is 0.299 e. The van der Waals surface area contributed by atoms with Crippen LogP contribution in [-0.2, 0) is 0 Å². The summed E-state index contributed by atoms with van der Waals surface area (Å²) in [6.45, 7) is 13.5. The maximum atomic E-state index is 4.77. The molecule has 0 aliphatic rings. The quantitative estimate of drug-likeness (QED) is 0.491. The van der Waals surface area contributed by atoms with Gasteiger partial charge in [0, 0.05) is 18.0 Å². The fraction of sp³-hybridized carbons (Fsp3) is 0.375. The van der Waals surface area contributed by atoms with Gasteiger partial charge in [0.1, 0.15) is 5.82 Å². The zero-order valence-corrected chi connectivity index (χ0v) is 16.8. The monoisotopic (exact) mass is 346 g/mol. The zero-order valence-electron chi connectivity index (χ0n) is 16.8. The first-order valence-corrected chi connectivity index (χ1v) is 9.67. The lowest BCUT2D eigenvalue weighted by Gasteiger charge is -2.22. The summed E-state index contributed by atoms with van der Waals surface area (Å²) in [5.41, 5.74) is 6.60. The van der Waals surface area contributed by atoms with Gasteiger partial charge in [0.25, 0.3) is 0 Å². The minimum Gasteiger partial charge on any atom is -0.299 e. The van der Waals surface area contributed by atoms with Crippen molar-refractivity contribution in [2.24, 2.45) is 0 Å². The molecule has 0 saturated carbocycles. The van der Waals surface area contributed by atoms with Crippen molar-refractivity contribution < 1.29 is 0 Å². The summed E-state index contributed by atoms with van der Waals surface area (Å²) in [4.78, 5) is 4.77. The number of rotatable bonds is 5. The van der Waals surface area contributed by atoms with E-state index in [9.17, 15) is 0 Å². The van der Waals surface area contributed by atoms with Crippen molar-refractivity contribution in [3.63, 3.8) is 0 Å². The summed E-state index contributed by atoms with van der Waals surface area (Å²) in [7, 11) is 0. The summed E-state index contributed by atoms with van der Waals surface area (Å²) < 4.78 is 2.30. The third-order valence-corrected chi connectivity index (χ3v) is 5.05. The summed E-state index contributed by atoms with van der Waals surface area (Å²) in [6, 6.07) is 15.3. The Hall–Kier alpha value is -2.35. The normalized spacial score (nSPS) is 11.7. The van der Waals surface area contributed by atoms with E-state index in [1.807, 2.05) is 6.20 Å². The van der Waals surface area contributed by atoms with Crippen molar-refractivity contribution in [3.8, 4) is 17.1 Å². The van der Waals surface area contributed by atoms with Crippen LogP contribution < -0.4 is 0 Å². The van der Waals surface area contributed by atoms with Crippen molar-refractivity contribution in [1.82, 2.24) is 9.55 Å². The van der Waals surface area contributed by atoms with Gasteiger partial charge in [0.15, 0.2) is 0 Å². The molecule has 3 aromatic rings. The van der Waals surface area contributed by atoms with Crippen LogP contribution in [0.3, 0.4) is 0 Å². The standard InChI is InChI=1S/C24H30N2/c1-16(2)19-10-7-8-11-22(19)24-25-14-15-26(24)23-20(17(3)4)12-9-13-21(23)18(5)6/h7-18H,1-6H3. The van der Waals surface area contributed by atoms with Crippen LogP contribution in [0.2, 0.25) is 0 Å². The zero-order chi connectivity index (χ0) is 18.8. The molecule has 3 rings (SSSR count). The highest BCUT2D eigenvalue weighted by atomic mass is 15.1. The van der Waals surface area contributed by atoms with Gasteiger partial charge in [0.05, 0.1) is 5.69 Å². The second kappa shape index (κ2) is 7.49. The van der Waals surface area contributed by atoms with E-state index in [4.69, 9.17) is 4.98 Å². The molecule has 136 valence electrons. The van der Waals surface area contributed by atoms with Crippen molar-refractivity contribution in [3.05, 3.63) is 71.5 Å². The van der Waals surface area contributed by atoms with Gasteiger partial charge in [0.2, 0.25) is 0 Å². The lowest BCUT2D eigenvalue weighted by Crippen LogP contribution is -2.08. The molecule has 0 amide bonds. The molecule has 0 aliphatic carbocycles. The molecule has 0 aliphatic heterocycles. The highest BCUT2D eigenvalue weighted by Crippen LogP contribution is 2.35. The first-order valence-electron chi connectivity index (χ1n) is 9.67. The van der Waals surface area contributed by atoms with Crippen molar-refractivity contribution in [1.29, 1.82) is 0 Å². The Morgan fingerprint density at radius 1 is 0.692 bits per heavy atom. The Kier molecular flexibility index (Phi) is 5.31. The smallest absolute Gasteiger partial charge is 0.144 e. The molecule has 1 aromatic heterocycles. The highest BCUT2D eigenvalue weighted by molar-refractivity contribution is 5.66. The van der Waals surface area contributed by atoms with Crippen LogP contribution >= 0.6 is 0 Å². The van der Waals surface area contributed by atoms with E-state index >= 15 is 0 Å². The minimum atomic E-state index is 0.458. The maximum absolute atomic E-state index is 4.77. The Morgan fingerprint density at radius 3 is 1.81 bits per heavy atom. The summed E-state index contributed by atoms with van der Waals surface area (Å²) >= 11 is 0. The van der Waals surface area contributed by atoms with E-state index in [-0.39, 0.29) is 0 Å². The topological polar surface area (TPSA) is 17.8 Å². The van der Waals surface area contributed by atoms with Gasteiger partial charge in [-0.05, 0) is 34.4 Å². The van der Waals surface area contributed by atoms with E-state index in [0.717, 1.165) is 5.82 Å². The average Bonchev–Trinajstić information content (AvgIpc) is 3.10. The van der Waals surface area contributed by atoms with Crippen molar-refractivity contribution in [2.45, 2.75) is 59.3 Å². The molecule has 0 radical (unpaired) electrons. The number of nitrogens with zero attached hydrogens (tertiary/aromatic N) is 2. The Balaban J connectivity index is 2.29. The second-order valence-electron chi connectivity index (χ2n) is 7.96. The molecule has 0 N–H and O–H groups in total. The average molecular weight is 347 g/mol. The minimum absolute atomic E-state index is 0.458. The van der Waals surface area contributed by atoms with E-state index in [1.54, 1.807) is 0 Å². The maximum Gasteiger partial charge on any atom is 0.144 e. The van der Waals surface area contributed by atoms with Crippen LogP contribution in [0.15, 0.2) is 54.9 Å². The first kappa shape index (κ1) is 18.4. The van der Waals surface area contributed by atoms with Gasteiger partial charge in [-0.3, -0.25) is 4.57 Å². The summed E-state index contributed by atoms with van der Waals surface area (Å²) in [5, 5.41) is 0. The van der Waals surface area contributed by atoms with Crippen LogP contribution in [0, 0.1) is 0 Å². The molecule has 0 spiro atoms. The van der Waals surface area contributed by atoms with E-state index < -0.39 is 0 Å². The van der Waals surface area contributed by atoms with Crippen LogP contribution in [0.1, 0.15) is 76.0 Å². The predicted molar refractivity (Wildman–Crippen MR) is 111 cm³/mol. The fourth-order valence-electron chi connectivity index (χ4n) is 3.68. The molecule has 2 heteroatoms. The molecule has 0 saturated heterocycles. The van der Waals surface area contributed by atoms with E-state index in [1.165, 1.54) is 27.9 Å². The van der Waals surface area contributed by atoms with Gasteiger partial charge < -0.3 is 0 Å². The highest BCUT2D eigenvalue weighted by Gasteiger charge is 2.20. The molecular weight excluding hydrogens is 316 g/mol. The van der Waals surface area contributed by atoms with Gasteiger partial charge in [-0.25, -0.2) is 4.98 Å². The van der Waals surface area contributed by atoms with Crippen LogP contribution in [0.25, 0.3) is 17.1 Å². The Bertz CT molecular complexity index is 858. The molecular formula is C24H30N2. The number of para-hydroxylation sites is 1. The number of aromatic nitrogens is 2. The summed E-state index contributed by atoms with van der Waals surface area (Å²) in [6.07, 6.45) is 4.03. The molecule has 2 nitrogen and oxygen atoms in total. The first-order chi connectivity index (χ1) is 12.4. The fourth-order valence-corrected chi connectivity index (χ4v) is 3.68. The lowest BCUT2D eigenvalue weighted by molar-refractivity contribution is 0.805. The van der Waals surface area contributed by atoms with Gasteiger partial charge in [-0.1, -0.05) is 84.0 Å². The summed E-state index contributed by atoms with van der Waals surface area (Å²) in [5.74, 6) is 2.41. The number of benzene rings is 2. The third kappa shape index (κ3) is 3.33. The predicted octanol–water partition coefficient (Wildman–Crippen LogP) is 6.91. The number of imidazole rings is 1. The number of hydrogen-bond donors (Lipinski definition) is 0. The van der Waals surface area contributed by atoms with Gasteiger partial charge >= 0.3 is 0 Å². The lowest BCUT2D eigenvalue weighted by atomic mass is 9.92. The van der Waals surface area contributed by atoms with Gasteiger partial charge in [-0.15, -0.1) is 0 Å². The van der Waals surface area contributed by atoms with Crippen LogP contribution in [0.5, 0.6) is 0 Å². The van der Waals surface area contributed by atoms with Gasteiger partial charge in [-0.2, -0.15) is 0 Å². The Morgan fingerprint density at radius 2 is 1.23 bits per heavy atom. The molecule has 1 heterocycles. The van der Waals surface area contributed by atoms with Crippen LogP contribution in [-0.4, -0.2) is 9.55 Å². The molecule has 0 fully saturated rings. The Labute approximate surface area is 157 Å². The number of hydrogen-bond acceptors (Lipinski definition) is 1. The second-order valence-corrected chi connectivity index (χ2v) is 7.96. The van der Waals surface area contributed by atoms with Crippen molar-refractivity contribution in [2.75, 3.05) is 0 Å². The van der Waals surface area contributed by atoms with E-state index in [0.29, 0.717) is 17.8 Å². The molecule has 0 bridgehead atoms. The molecule has 2 aromatic carbocycles. The van der Waals surface area contributed by atoms with E-state index in [2.05, 4.69) is 94.8 Å². The molecule has 0 atom stereocenters. The molecule has 26 heavy (non-hydrogen) atoms. The molecule has 0 unspecified atom stereocenters. The SMILES string of the molecule is CC(C)c1ccccc1-c1nccn1-c1c(C(C)C)cccc1C(C)C.